The highest BCUT2D eigenvalue weighted by atomic mass is 32.2. The lowest BCUT2D eigenvalue weighted by molar-refractivity contribution is 0.409. The van der Waals surface area contributed by atoms with Gasteiger partial charge in [0.1, 0.15) is 28.2 Å². The van der Waals surface area contributed by atoms with Crippen molar-refractivity contribution >= 4 is 16.7 Å². The Balaban J connectivity index is 2.18. The van der Waals surface area contributed by atoms with Crippen molar-refractivity contribution in [1.29, 1.82) is 0 Å². The summed E-state index contributed by atoms with van der Waals surface area (Å²) in [5.41, 5.74) is 0.569. The van der Waals surface area contributed by atoms with E-state index < -0.39 is 28.2 Å². The Bertz CT molecular complexity index is 1200. The Morgan fingerprint density at radius 2 is 1.87 bits per heavy atom. The van der Waals surface area contributed by atoms with E-state index in [9.17, 15) is 17.8 Å². The lowest BCUT2D eigenvalue weighted by Gasteiger charge is -2.15. The molecule has 3 aromatic rings. The fourth-order valence-electron chi connectivity index (χ4n) is 2.57. The van der Waals surface area contributed by atoms with Crippen LogP contribution in [0, 0.1) is 11.6 Å². The number of nitrogens with zero attached hydrogens (tertiary/aromatic N) is 2. The van der Waals surface area contributed by atoms with Crippen LogP contribution in [-0.4, -0.2) is 21.1 Å². The van der Waals surface area contributed by atoms with Gasteiger partial charge in [-0.1, -0.05) is 6.58 Å². The molecule has 0 spiro atoms. The van der Waals surface area contributed by atoms with E-state index in [0.717, 1.165) is 16.8 Å². The number of hydrogen-bond acceptors (Lipinski definition) is 5. The number of aromatic nitrogens is 2. The molecule has 0 radical (unpaired) electrons. The minimum absolute atomic E-state index is 0.153. The van der Waals surface area contributed by atoms with E-state index in [4.69, 9.17) is 9.47 Å². The Kier molecular flexibility index (Phi) is 6.26. The Hall–Kier alpha value is -3.53. The normalized spacial score (nSPS) is 11.6. The summed E-state index contributed by atoms with van der Waals surface area (Å²) in [5, 5.41) is 5.43. The molecule has 1 aromatic heterocycles. The van der Waals surface area contributed by atoms with E-state index in [1.165, 1.54) is 31.7 Å². The zero-order valence-corrected chi connectivity index (χ0v) is 16.8. The van der Waals surface area contributed by atoms with Gasteiger partial charge in [-0.05, 0) is 30.3 Å². The number of ether oxygens (including phenoxy) is 2. The second-order valence-electron chi connectivity index (χ2n) is 5.98. The van der Waals surface area contributed by atoms with Crippen LogP contribution in [0.3, 0.4) is 0 Å². The third kappa shape index (κ3) is 4.54. The quantitative estimate of drug-likeness (QED) is 0.614. The molecule has 1 atom stereocenters. The molecule has 0 bridgehead atoms. The van der Waals surface area contributed by atoms with Gasteiger partial charge in [-0.3, -0.25) is 4.79 Å². The SMILES string of the molecule is C=CS(=O)Nc1ccc(Oc2ccc(F)cc2F)c(-c2nn(C)c(=O)cc2OC)c1. The van der Waals surface area contributed by atoms with Gasteiger partial charge in [0.25, 0.3) is 5.56 Å². The number of nitrogens with one attached hydrogen (secondary N) is 1. The van der Waals surface area contributed by atoms with Gasteiger partial charge in [0.05, 0.1) is 12.7 Å². The van der Waals surface area contributed by atoms with Crippen molar-refractivity contribution in [2.45, 2.75) is 0 Å². The second kappa shape index (κ2) is 8.87. The highest BCUT2D eigenvalue weighted by Gasteiger charge is 2.18. The van der Waals surface area contributed by atoms with Crippen LogP contribution in [0.2, 0.25) is 0 Å². The van der Waals surface area contributed by atoms with Gasteiger partial charge in [-0.25, -0.2) is 17.7 Å². The summed E-state index contributed by atoms with van der Waals surface area (Å²) in [5.74, 6) is -1.54. The lowest BCUT2D eigenvalue weighted by atomic mass is 10.1. The molecule has 1 heterocycles. The van der Waals surface area contributed by atoms with Crippen molar-refractivity contribution < 1.29 is 22.5 Å². The smallest absolute Gasteiger partial charge is 0.270 e. The molecule has 156 valence electrons. The summed E-state index contributed by atoms with van der Waals surface area (Å²) < 4.78 is 53.9. The van der Waals surface area contributed by atoms with Crippen molar-refractivity contribution in [1.82, 2.24) is 9.78 Å². The van der Waals surface area contributed by atoms with Crippen molar-refractivity contribution in [3.63, 3.8) is 0 Å². The summed E-state index contributed by atoms with van der Waals surface area (Å²) in [6, 6.07) is 8.75. The molecule has 0 saturated carbocycles. The predicted molar refractivity (Wildman–Crippen MR) is 110 cm³/mol. The maximum absolute atomic E-state index is 14.1. The Morgan fingerprint density at radius 3 is 2.53 bits per heavy atom. The molecule has 7 nitrogen and oxygen atoms in total. The number of rotatable bonds is 7. The minimum Gasteiger partial charge on any atom is -0.494 e. The Morgan fingerprint density at radius 1 is 1.13 bits per heavy atom. The Labute approximate surface area is 173 Å². The van der Waals surface area contributed by atoms with Crippen molar-refractivity contribution in [3.05, 3.63) is 76.4 Å². The number of benzene rings is 2. The molecule has 10 heteroatoms. The molecule has 1 N–H and O–H groups in total. The van der Waals surface area contributed by atoms with E-state index >= 15 is 0 Å². The predicted octanol–water partition coefficient (Wildman–Crippen LogP) is 3.75. The zero-order valence-electron chi connectivity index (χ0n) is 16.0. The summed E-state index contributed by atoms with van der Waals surface area (Å²) in [4.78, 5) is 11.9. The lowest BCUT2D eigenvalue weighted by Crippen LogP contribution is -2.19. The van der Waals surface area contributed by atoms with E-state index in [1.54, 1.807) is 12.1 Å². The fourth-order valence-corrected chi connectivity index (χ4v) is 3.01. The average Bonchev–Trinajstić information content (AvgIpc) is 2.72. The number of hydrogen-bond donors (Lipinski definition) is 1. The van der Waals surface area contributed by atoms with Gasteiger partial charge in [0.2, 0.25) is 0 Å². The number of methoxy groups -OCH3 is 1. The minimum atomic E-state index is -1.54. The van der Waals surface area contributed by atoms with Crippen molar-refractivity contribution in [2.75, 3.05) is 11.8 Å². The van der Waals surface area contributed by atoms with E-state index in [-0.39, 0.29) is 22.9 Å². The van der Waals surface area contributed by atoms with Gasteiger partial charge in [0, 0.05) is 30.3 Å². The molecule has 0 aliphatic heterocycles. The first-order chi connectivity index (χ1) is 14.3. The highest BCUT2D eigenvalue weighted by Crippen LogP contribution is 2.38. The third-order valence-electron chi connectivity index (χ3n) is 4.00. The molecule has 0 aliphatic carbocycles. The molecule has 0 fully saturated rings. The van der Waals surface area contributed by atoms with E-state index in [1.807, 2.05) is 0 Å². The molecule has 0 aliphatic rings. The van der Waals surface area contributed by atoms with Gasteiger partial charge in [0.15, 0.2) is 17.3 Å². The standard InChI is InChI=1S/C20H17F2N3O4S/c1-4-30(27)24-13-6-8-16(29-17-7-5-12(21)9-15(17)22)14(10-13)20-18(28-3)11-19(26)25(2)23-20/h4-11,24H,1H2,2-3H3. The van der Waals surface area contributed by atoms with Crippen LogP contribution in [0.1, 0.15) is 0 Å². The number of aryl methyl sites for hydroxylation is 1. The van der Waals surface area contributed by atoms with Crippen LogP contribution in [0.5, 0.6) is 17.2 Å². The van der Waals surface area contributed by atoms with Crippen LogP contribution in [0.4, 0.5) is 14.5 Å². The van der Waals surface area contributed by atoms with Crippen LogP contribution in [0.25, 0.3) is 11.3 Å². The van der Waals surface area contributed by atoms with E-state index in [2.05, 4.69) is 16.4 Å². The maximum atomic E-state index is 14.1. The molecule has 2 aromatic carbocycles. The fraction of sp³-hybridized carbons (Fsp3) is 0.100. The molecule has 3 rings (SSSR count). The van der Waals surface area contributed by atoms with Crippen LogP contribution in [-0.2, 0) is 18.0 Å². The second-order valence-corrected chi connectivity index (χ2v) is 7.11. The third-order valence-corrected chi connectivity index (χ3v) is 4.73. The molecule has 1 unspecified atom stereocenters. The summed E-state index contributed by atoms with van der Waals surface area (Å²) in [7, 11) is 1.28. The topological polar surface area (TPSA) is 82.5 Å². The summed E-state index contributed by atoms with van der Waals surface area (Å²) >= 11 is 0. The van der Waals surface area contributed by atoms with Crippen molar-refractivity contribution in [3.8, 4) is 28.5 Å². The molecule has 30 heavy (non-hydrogen) atoms. The maximum Gasteiger partial charge on any atom is 0.270 e. The first kappa shape index (κ1) is 21.2. The first-order valence-electron chi connectivity index (χ1n) is 8.52. The molecule has 0 saturated heterocycles. The van der Waals surface area contributed by atoms with Crippen molar-refractivity contribution in [2.24, 2.45) is 7.05 Å². The molecule has 0 amide bonds. The van der Waals surface area contributed by atoms with Gasteiger partial charge >= 0.3 is 0 Å². The monoisotopic (exact) mass is 433 g/mol. The summed E-state index contributed by atoms with van der Waals surface area (Å²) in [6.45, 7) is 3.45. The summed E-state index contributed by atoms with van der Waals surface area (Å²) in [6.07, 6.45) is 0. The highest BCUT2D eigenvalue weighted by molar-refractivity contribution is 7.89. The molecular formula is C20H17F2N3O4S. The van der Waals surface area contributed by atoms with Crippen LogP contribution in [0.15, 0.2) is 59.2 Å². The largest absolute Gasteiger partial charge is 0.494 e. The number of anilines is 1. The van der Waals surface area contributed by atoms with Crippen LogP contribution < -0.4 is 19.8 Å². The van der Waals surface area contributed by atoms with Crippen LogP contribution >= 0.6 is 0 Å². The van der Waals surface area contributed by atoms with Gasteiger partial charge in [-0.15, -0.1) is 0 Å². The number of halogens is 2. The average molecular weight is 433 g/mol. The molecular weight excluding hydrogens is 416 g/mol. The first-order valence-corrected chi connectivity index (χ1v) is 9.73. The van der Waals surface area contributed by atoms with Gasteiger partial charge < -0.3 is 14.2 Å². The van der Waals surface area contributed by atoms with Gasteiger partial charge in [-0.2, -0.15) is 5.10 Å². The van der Waals surface area contributed by atoms with E-state index in [0.29, 0.717) is 17.3 Å². The zero-order chi connectivity index (χ0) is 21.8.